The Hall–Kier alpha value is -1.49. The molecule has 3 N–H and O–H groups in total. The number of nitrogens with zero attached hydrogens (tertiary/aromatic N) is 1. The van der Waals surface area contributed by atoms with Crippen molar-refractivity contribution >= 4 is 23.1 Å². The van der Waals surface area contributed by atoms with Gasteiger partial charge in [-0.2, -0.15) is 0 Å². The molecule has 1 amide bonds. The van der Waals surface area contributed by atoms with Gasteiger partial charge in [0.2, 0.25) is 0 Å². The lowest BCUT2D eigenvalue weighted by atomic mass is 10.1. The highest BCUT2D eigenvalue weighted by atomic mass is 32.1. The summed E-state index contributed by atoms with van der Waals surface area (Å²) in [7, 11) is 0. The topological polar surface area (TPSA) is 68.0 Å². The van der Waals surface area contributed by atoms with Gasteiger partial charge in [0, 0.05) is 17.8 Å². The van der Waals surface area contributed by atoms with Crippen LogP contribution in [0.15, 0.2) is 18.3 Å². The number of thiocarbonyl (C=S) groups is 1. The van der Waals surface area contributed by atoms with Gasteiger partial charge in [0.25, 0.3) is 5.91 Å². The second kappa shape index (κ2) is 6.61. The summed E-state index contributed by atoms with van der Waals surface area (Å²) in [5, 5.41) is 3.06. The fourth-order valence-corrected chi connectivity index (χ4v) is 2.48. The molecular formula is C14H19N3OS. The first kappa shape index (κ1) is 13.9. The van der Waals surface area contributed by atoms with Crippen LogP contribution >= 0.6 is 12.2 Å². The van der Waals surface area contributed by atoms with Gasteiger partial charge in [0.15, 0.2) is 0 Å². The summed E-state index contributed by atoms with van der Waals surface area (Å²) >= 11 is 4.85. The third-order valence-electron chi connectivity index (χ3n) is 3.47. The summed E-state index contributed by atoms with van der Waals surface area (Å²) in [6.07, 6.45) is 8.61. The molecule has 1 heterocycles. The van der Waals surface area contributed by atoms with Gasteiger partial charge in [-0.15, -0.1) is 0 Å². The minimum absolute atomic E-state index is 0.110. The van der Waals surface area contributed by atoms with Crippen LogP contribution in [0, 0.1) is 0 Å². The van der Waals surface area contributed by atoms with Crippen LogP contribution in [0.2, 0.25) is 0 Å². The van der Waals surface area contributed by atoms with Crippen molar-refractivity contribution in [3.8, 4) is 0 Å². The molecule has 102 valence electrons. The lowest BCUT2D eigenvalue weighted by molar-refractivity contribution is 0.0928. The summed E-state index contributed by atoms with van der Waals surface area (Å²) in [5.74, 6) is -0.110. The SMILES string of the molecule is NC(=S)c1ccc(C(=O)NC2CCCCCC2)nc1. The number of carbonyl (C=O) groups excluding carboxylic acids is 1. The maximum Gasteiger partial charge on any atom is 0.270 e. The van der Waals surface area contributed by atoms with E-state index >= 15 is 0 Å². The van der Waals surface area contributed by atoms with Crippen molar-refractivity contribution in [1.82, 2.24) is 10.3 Å². The number of aromatic nitrogens is 1. The molecule has 1 aliphatic rings. The van der Waals surface area contributed by atoms with Crippen molar-refractivity contribution in [2.45, 2.75) is 44.6 Å². The molecule has 0 unspecified atom stereocenters. The molecule has 1 fully saturated rings. The molecular weight excluding hydrogens is 258 g/mol. The molecule has 0 spiro atoms. The van der Waals surface area contributed by atoms with E-state index < -0.39 is 0 Å². The van der Waals surface area contributed by atoms with E-state index in [-0.39, 0.29) is 11.9 Å². The second-order valence-electron chi connectivity index (χ2n) is 4.96. The number of rotatable bonds is 3. The Morgan fingerprint density at radius 3 is 2.47 bits per heavy atom. The van der Waals surface area contributed by atoms with E-state index in [0.29, 0.717) is 16.2 Å². The fourth-order valence-electron chi connectivity index (χ4n) is 2.36. The second-order valence-corrected chi connectivity index (χ2v) is 5.40. The van der Waals surface area contributed by atoms with E-state index in [4.69, 9.17) is 18.0 Å². The molecule has 0 aliphatic heterocycles. The minimum Gasteiger partial charge on any atom is -0.389 e. The van der Waals surface area contributed by atoms with Crippen molar-refractivity contribution in [2.75, 3.05) is 0 Å². The molecule has 1 aromatic rings. The number of nitrogens with one attached hydrogen (secondary N) is 1. The van der Waals surface area contributed by atoms with Gasteiger partial charge >= 0.3 is 0 Å². The van der Waals surface area contributed by atoms with Gasteiger partial charge in [-0.3, -0.25) is 9.78 Å². The highest BCUT2D eigenvalue weighted by Crippen LogP contribution is 2.17. The number of pyridine rings is 1. The molecule has 0 bridgehead atoms. The Labute approximate surface area is 118 Å². The lowest BCUT2D eigenvalue weighted by Crippen LogP contribution is -2.34. The van der Waals surface area contributed by atoms with Gasteiger partial charge in [-0.05, 0) is 25.0 Å². The zero-order valence-corrected chi connectivity index (χ0v) is 11.7. The number of amides is 1. The molecule has 0 aromatic carbocycles. The van der Waals surface area contributed by atoms with Gasteiger partial charge in [-0.25, -0.2) is 0 Å². The average Bonchev–Trinajstić information content (AvgIpc) is 2.67. The number of hydrogen-bond acceptors (Lipinski definition) is 3. The predicted octanol–water partition coefficient (Wildman–Crippen LogP) is 2.17. The highest BCUT2D eigenvalue weighted by molar-refractivity contribution is 7.80. The maximum atomic E-state index is 12.1. The molecule has 0 saturated heterocycles. The van der Waals surface area contributed by atoms with Crippen LogP contribution in [-0.2, 0) is 0 Å². The Kier molecular flexibility index (Phi) is 4.85. The normalized spacial score (nSPS) is 16.6. The average molecular weight is 277 g/mol. The summed E-state index contributed by atoms with van der Waals surface area (Å²) in [4.78, 5) is 16.5. The molecule has 1 saturated carbocycles. The molecule has 0 radical (unpaired) electrons. The van der Waals surface area contributed by atoms with Crippen molar-refractivity contribution in [1.29, 1.82) is 0 Å². The van der Waals surface area contributed by atoms with Crippen LogP contribution in [0.4, 0.5) is 0 Å². The molecule has 19 heavy (non-hydrogen) atoms. The molecule has 1 aliphatic carbocycles. The number of hydrogen-bond donors (Lipinski definition) is 2. The van der Waals surface area contributed by atoms with Crippen molar-refractivity contribution in [3.05, 3.63) is 29.6 Å². The first-order chi connectivity index (χ1) is 9.16. The highest BCUT2D eigenvalue weighted by Gasteiger charge is 2.16. The van der Waals surface area contributed by atoms with Gasteiger partial charge in [0.05, 0.1) is 0 Å². The fraction of sp³-hybridized carbons (Fsp3) is 0.500. The number of carbonyl (C=O) groups is 1. The molecule has 5 heteroatoms. The van der Waals surface area contributed by atoms with Crippen LogP contribution in [0.25, 0.3) is 0 Å². The molecule has 2 rings (SSSR count). The van der Waals surface area contributed by atoms with E-state index in [0.717, 1.165) is 12.8 Å². The standard InChI is InChI=1S/C14H19N3OS/c15-13(19)10-7-8-12(16-9-10)14(18)17-11-5-3-1-2-4-6-11/h7-9,11H,1-6H2,(H2,15,19)(H,17,18). The molecule has 1 aromatic heterocycles. The van der Waals surface area contributed by atoms with E-state index in [1.165, 1.54) is 25.7 Å². The van der Waals surface area contributed by atoms with Crippen molar-refractivity contribution in [3.63, 3.8) is 0 Å². The minimum atomic E-state index is -0.110. The Balaban J connectivity index is 1.96. The molecule has 0 atom stereocenters. The smallest absolute Gasteiger partial charge is 0.270 e. The summed E-state index contributed by atoms with van der Waals surface area (Å²) in [5.41, 5.74) is 6.60. The predicted molar refractivity (Wildman–Crippen MR) is 79.1 cm³/mol. The maximum absolute atomic E-state index is 12.1. The van der Waals surface area contributed by atoms with Crippen LogP contribution in [-0.4, -0.2) is 21.9 Å². The Morgan fingerprint density at radius 1 is 1.26 bits per heavy atom. The summed E-state index contributed by atoms with van der Waals surface area (Å²) in [6.45, 7) is 0. The first-order valence-electron chi connectivity index (χ1n) is 6.73. The lowest BCUT2D eigenvalue weighted by Gasteiger charge is -2.15. The number of nitrogens with two attached hydrogens (primary N) is 1. The van der Waals surface area contributed by atoms with E-state index in [1.54, 1.807) is 18.3 Å². The van der Waals surface area contributed by atoms with E-state index in [1.807, 2.05) is 0 Å². The Bertz CT molecular complexity index is 450. The van der Waals surface area contributed by atoms with E-state index in [9.17, 15) is 4.79 Å². The van der Waals surface area contributed by atoms with Crippen LogP contribution < -0.4 is 11.1 Å². The Morgan fingerprint density at radius 2 is 1.95 bits per heavy atom. The van der Waals surface area contributed by atoms with Gasteiger partial charge in [0.1, 0.15) is 10.7 Å². The van der Waals surface area contributed by atoms with Crippen LogP contribution in [0.5, 0.6) is 0 Å². The molecule has 4 nitrogen and oxygen atoms in total. The van der Waals surface area contributed by atoms with Crippen molar-refractivity contribution in [2.24, 2.45) is 5.73 Å². The van der Waals surface area contributed by atoms with E-state index in [2.05, 4.69) is 10.3 Å². The third-order valence-corrected chi connectivity index (χ3v) is 3.71. The van der Waals surface area contributed by atoms with Gasteiger partial charge < -0.3 is 11.1 Å². The van der Waals surface area contributed by atoms with Crippen LogP contribution in [0.1, 0.15) is 54.6 Å². The largest absolute Gasteiger partial charge is 0.389 e. The summed E-state index contributed by atoms with van der Waals surface area (Å²) < 4.78 is 0. The summed E-state index contributed by atoms with van der Waals surface area (Å²) in [6, 6.07) is 3.68. The van der Waals surface area contributed by atoms with Crippen molar-refractivity contribution < 1.29 is 4.79 Å². The van der Waals surface area contributed by atoms with Crippen LogP contribution in [0.3, 0.4) is 0 Å². The zero-order chi connectivity index (χ0) is 13.7. The first-order valence-corrected chi connectivity index (χ1v) is 7.14. The van der Waals surface area contributed by atoms with Gasteiger partial charge in [-0.1, -0.05) is 37.9 Å². The third kappa shape index (κ3) is 3.99. The monoisotopic (exact) mass is 277 g/mol. The quantitative estimate of drug-likeness (QED) is 0.656. The zero-order valence-electron chi connectivity index (χ0n) is 10.9.